The molecule has 3 aromatic carbocycles. The number of hydrogen-bond donors (Lipinski definition) is 1. The number of benzene rings is 3. The van der Waals surface area contributed by atoms with Crippen molar-refractivity contribution in [1.82, 2.24) is 0 Å². The highest BCUT2D eigenvalue weighted by Gasteiger charge is 2.25. The van der Waals surface area contributed by atoms with E-state index in [1.807, 2.05) is 30.3 Å². The Hall–Kier alpha value is -2.85. The maximum Gasteiger partial charge on any atom is 0.343 e. The summed E-state index contributed by atoms with van der Waals surface area (Å²) in [7, 11) is 0. The van der Waals surface area contributed by atoms with Gasteiger partial charge >= 0.3 is 5.63 Å². The van der Waals surface area contributed by atoms with Crippen molar-refractivity contribution in [1.29, 1.82) is 0 Å². The molecule has 0 aliphatic heterocycles. The van der Waals surface area contributed by atoms with Gasteiger partial charge in [-0.1, -0.05) is 78.3 Å². The smallest absolute Gasteiger partial charge is 0.343 e. The lowest BCUT2D eigenvalue weighted by molar-refractivity contribution is 0.439. The van der Waals surface area contributed by atoms with Crippen LogP contribution in [0.3, 0.4) is 0 Å². The molecule has 0 aliphatic carbocycles. The number of rotatable bonds is 5. The maximum absolute atomic E-state index is 12.8. The second kappa shape index (κ2) is 8.49. The molecule has 1 aromatic heterocycles. The van der Waals surface area contributed by atoms with Crippen LogP contribution in [0.25, 0.3) is 22.1 Å². The quantitative estimate of drug-likeness (QED) is 0.321. The largest absolute Gasteiger partial charge is 0.507 e. The Labute approximate surface area is 184 Å². The zero-order chi connectivity index (χ0) is 21.3. The molecule has 30 heavy (non-hydrogen) atoms. The van der Waals surface area contributed by atoms with Gasteiger partial charge in [0, 0.05) is 10.4 Å². The van der Waals surface area contributed by atoms with E-state index in [1.165, 1.54) is 0 Å². The van der Waals surface area contributed by atoms with E-state index < -0.39 is 5.63 Å². The average molecular weight is 463 g/mol. The predicted octanol–water partition coefficient (Wildman–Crippen LogP) is 7.11. The minimum absolute atomic E-state index is 0.0180. The fraction of sp³-hybridized carbons (Fsp3) is 0.192. The summed E-state index contributed by atoms with van der Waals surface area (Å²) >= 11 is 3.47. The molecule has 0 saturated heterocycles. The fourth-order valence-electron chi connectivity index (χ4n) is 3.90. The summed E-state index contributed by atoms with van der Waals surface area (Å²) in [6.07, 6.45) is 0.730. The first-order chi connectivity index (χ1) is 14.4. The van der Waals surface area contributed by atoms with Crippen LogP contribution in [0, 0.1) is 5.92 Å². The first-order valence-corrected chi connectivity index (χ1v) is 10.8. The van der Waals surface area contributed by atoms with Crippen molar-refractivity contribution >= 4 is 26.9 Å². The molecular formula is C26H23BrO3. The third-order valence-corrected chi connectivity index (χ3v) is 5.89. The molecule has 0 saturated carbocycles. The fourth-order valence-corrected chi connectivity index (χ4v) is 4.16. The Morgan fingerprint density at radius 3 is 2.13 bits per heavy atom. The molecule has 0 bridgehead atoms. The van der Waals surface area contributed by atoms with Gasteiger partial charge in [-0.3, -0.25) is 0 Å². The predicted molar refractivity (Wildman–Crippen MR) is 125 cm³/mol. The van der Waals surface area contributed by atoms with Crippen LogP contribution in [0.15, 0.2) is 86.5 Å². The summed E-state index contributed by atoms with van der Waals surface area (Å²) in [5.41, 5.74) is 3.47. The average Bonchev–Trinajstić information content (AvgIpc) is 2.73. The third-order valence-electron chi connectivity index (χ3n) is 5.37. The maximum atomic E-state index is 12.8. The monoisotopic (exact) mass is 462 g/mol. The SMILES string of the molecule is CC(C)CC(c1ccc(-c2ccc(Br)cc2)cc1)c1c(O)c2ccccc2oc1=O. The second-order valence-electron chi connectivity index (χ2n) is 7.96. The Balaban J connectivity index is 1.80. The topological polar surface area (TPSA) is 50.4 Å². The van der Waals surface area contributed by atoms with Crippen molar-refractivity contribution in [2.45, 2.75) is 26.2 Å². The molecule has 0 amide bonds. The van der Waals surface area contributed by atoms with Gasteiger partial charge in [-0.25, -0.2) is 4.79 Å². The highest BCUT2D eigenvalue weighted by molar-refractivity contribution is 9.10. The van der Waals surface area contributed by atoms with E-state index in [-0.39, 0.29) is 11.7 Å². The molecule has 1 unspecified atom stereocenters. The second-order valence-corrected chi connectivity index (χ2v) is 8.87. The van der Waals surface area contributed by atoms with Gasteiger partial charge in [0.15, 0.2) is 0 Å². The summed E-state index contributed by atoms with van der Waals surface area (Å²) in [4.78, 5) is 12.8. The van der Waals surface area contributed by atoms with Crippen molar-refractivity contribution in [3.05, 3.63) is 98.8 Å². The van der Waals surface area contributed by atoms with Gasteiger partial charge in [0.1, 0.15) is 11.3 Å². The van der Waals surface area contributed by atoms with E-state index in [0.29, 0.717) is 22.5 Å². The van der Waals surface area contributed by atoms with Gasteiger partial charge in [-0.05, 0) is 53.3 Å². The van der Waals surface area contributed by atoms with Crippen molar-refractivity contribution < 1.29 is 9.52 Å². The van der Waals surface area contributed by atoms with E-state index in [4.69, 9.17) is 4.42 Å². The molecule has 3 nitrogen and oxygen atoms in total. The van der Waals surface area contributed by atoms with Crippen LogP contribution in [0.1, 0.15) is 37.3 Å². The van der Waals surface area contributed by atoms with E-state index in [1.54, 1.807) is 18.2 Å². The molecule has 0 spiro atoms. The van der Waals surface area contributed by atoms with Gasteiger partial charge in [0.2, 0.25) is 0 Å². The highest BCUT2D eigenvalue weighted by Crippen LogP contribution is 2.38. The highest BCUT2D eigenvalue weighted by atomic mass is 79.9. The van der Waals surface area contributed by atoms with Gasteiger partial charge in [0.25, 0.3) is 0 Å². The number of hydrogen-bond acceptors (Lipinski definition) is 3. The molecule has 0 fully saturated rings. The van der Waals surface area contributed by atoms with E-state index in [2.05, 4.69) is 54.0 Å². The summed E-state index contributed by atoms with van der Waals surface area (Å²) < 4.78 is 6.58. The van der Waals surface area contributed by atoms with Gasteiger partial charge in [-0.15, -0.1) is 0 Å². The van der Waals surface area contributed by atoms with Crippen LogP contribution in [-0.4, -0.2) is 5.11 Å². The van der Waals surface area contributed by atoms with Crippen LogP contribution >= 0.6 is 15.9 Å². The Morgan fingerprint density at radius 1 is 0.900 bits per heavy atom. The van der Waals surface area contributed by atoms with Crippen molar-refractivity contribution in [3.63, 3.8) is 0 Å². The van der Waals surface area contributed by atoms with Crippen LogP contribution in [-0.2, 0) is 0 Å². The molecule has 4 aromatic rings. The summed E-state index contributed by atoms with van der Waals surface area (Å²) in [6.45, 7) is 4.23. The molecule has 0 aliphatic rings. The van der Waals surface area contributed by atoms with Crippen molar-refractivity contribution in [2.75, 3.05) is 0 Å². The van der Waals surface area contributed by atoms with Crippen molar-refractivity contribution in [2.24, 2.45) is 5.92 Å². The summed E-state index contributed by atoms with van der Waals surface area (Å²) in [5.74, 6) is 0.112. The lowest BCUT2D eigenvalue weighted by Crippen LogP contribution is -2.16. The minimum atomic E-state index is -0.478. The standard InChI is InChI=1S/C26H23BrO3/c1-16(2)15-22(24-25(28)21-5-3-4-6-23(21)30-26(24)29)19-9-7-17(8-10-19)18-11-13-20(27)14-12-18/h3-14,16,22,28H,15H2,1-2H3. The Bertz CT molecular complexity index is 1220. The zero-order valence-electron chi connectivity index (χ0n) is 16.9. The Kier molecular flexibility index (Phi) is 5.78. The van der Waals surface area contributed by atoms with Crippen LogP contribution in [0.4, 0.5) is 0 Å². The lowest BCUT2D eigenvalue weighted by Gasteiger charge is -2.21. The van der Waals surface area contributed by atoms with E-state index in [0.717, 1.165) is 27.6 Å². The first kappa shape index (κ1) is 20.4. The zero-order valence-corrected chi connectivity index (χ0v) is 18.5. The van der Waals surface area contributed by atoms with Crippen LogP contribution < -0.4 is 5.63 Å². The third kappa shape index (κ3) is 4.05. The van der Waals surface area contributed by atoms with Crippen molar-refractivity contribution in [3.8, 4) is 16.9 Å². The first-order valence-electron chi connectivity index (χ1n) is 10.0. The van der Waals surface area contributed by atoms with Gasteiger partial charge in [0.05, 0.1) is 10.9 Å². The van der Waals surface area contributed by atoms with E-state index >= 15 is 0 Å². The van der Waals surface area contributed by atoms with Crippen LogP contribution in [0.5, 0.6) is 5.75 Å². The molecule has 4 heteroatoms. The van der Waals surface area contributed by atoms with Crippen LogP contribution in [0.2, 0.25) is 0 Å². The summed E-state index contributed by atoms with van der Waals surface area (Å²) in [5, 5.41) is 11.5. The lowest BCUT2D eigenvalue weighted by atomic mass is 9.84. The molecular weight excluding hydrogens is 440 g/mol. The summed E-state index contributed by atoms with van der Waals surface area (Å²) in [6, 6.07) is 23.5. The number of halogens is 1. The molecule has 152 valence electrons. The minimum Gasteiger partial charge on any atom is -0.507 e. The number of fused-ring (bicyclic) bond motifs is 1. The van der Waals surface area contributed by atoms with Gasteiger partial charge in [-0.2, -0.15) is 0 Å². The number of aromatic hydroxyl groups is 1. The molecule has 1 atom stereocenters. The van der Waals surface area contributed by atoms with E-state index in [9.17, 15) is 9.90 Å². The van der Waals surface area contributed by atoms with Gasteiger partial charge < -0.3 is 9.52 Å². The molecule has 0 radical (unpaired) electrons. The molecule has 1 heterocycles. The Morgan fingerprint density at radius 2 is 1.50 bits per heavy atom. The normalized spacial score (nSPS) is 12.4. The number of para-hydroxylation sites is 1. The molecule has 4 rings (SSSR count). The molecule has 1 N–H and O–H groups in total.